The van der Waals surface area contributed by atoms with Crippen LogP contribution in [0.3, 0.4) is 0 Å². The first-order chi connectivity index (χ1) is 13.9. The summed E-state index contributed by atoms with van der Waals surface area (Å²) in [5.74, 6) is -0.572. The maximum atomic E-state index is 12.9. The van der Waals surface area contributed by atoms with Gasteiger partial charge in [0.15, 0.2) is 0 Å². The van der Waals surface area contributed by atoms with Gasteiger partial charge in [-0.3, -0.25) is 9.48 Å². The molecule has 0 radical (unpaired) electrons. The van der Waals surface area contributed by atoms with Crippen LogP contribution in [0.4, 0.5) is 5.69 Å². The average molecular weight is 417 g/mol. The van der Waals surface area contributed by atoms with Crippen molar-refractivity contribution < 1.29 is 13.2 Å². The molecule has 29 heavy (non-hydrogen) atoms. The first-order valence-electron chi connectivity index (χ1n) is 9.63. The van der Waals surface area contributed by atoms with Crippen molar-refractivity contribution in [1.82, 2.24) is 23.6 Å². The van der Waals surface area contributed by atoms with E-state index in [1.165, 1.54) is 16.7 Å². The Morgan fingerprint density at radius 3 is 2.93 bits per heavy atom. The van der Waals surface area contributed by atoms with E-state index in [-0.39, 0.29) is 17.3 Å². The molecule has 1 atom stereocenters. The number of sulfonamides is 1. The Kier molecular flexibility index (Phi) is 5.13. The van der Waals surface area contributed by atoms with Gasteiger partial charge in [0.1, 0.15) is 4.90 Å². The molecule has 154 valence electrons. The van der Waals surface area contributed by atoms with Gasteiger partial charge < -0.3 is 9.88 Å². The van der Waals surface area contributed by atoms with Gasteiger partial charge in [0.25, 0.3) is 0 Å². The molecule has 1 aliphatic rings. The topological polar surface area (TPSA) is 102 Å². The summed E-state index contributed by atoms with van der Waals surface area (Å²) in [6.45, 7) is 3.07. The molecule has 1 N–H and O–H groups in total. The van der Waals surface area contributed by atoms with Crippen molar-refractivity contribution in [2.75, 3.05) is 18.4 Å². The molecule has 1 aliphatic heterocycles. The van der Waals surface area contributed by atoms with Crippen LogP contribution in [0, 0.1) is 5.92 Å². The van der Waals surface area contributed by atoms with E-state index in [2.05, 4.69) is 15.4 Å². The third-order valence-electron chi connectivity index (χ3n) is 5.32. The fraction of sp³-hybridized carbons (Fsp3) is 0.421. The van der Waals surface area contributed by atoms with Crippen LogP contribution in [0.25, 0.3) is 11.0 Å². The zero-order valence-corrected chi connectivity index (χ0v) is 17.3. The van der Waals surface area contributed by atoms with Crippen LogP contribution in [0.1, 0.15) is 19.8 Å². The van der Waals surface area contributed by atoms with Crippen LogP contribution in [0.15, 0.2) is 41.8 Å². The molecule has 1 unspecified atom stereocenters. The van der Waals surface area contributed by atoms with Gasteiger partial charge in [-0.1, -0.05) is 0 Å². The van der Waals surface area contributed by atoms with Gasteiger partial charge in [-0.15, -0.1) is 0 Å². The van der Waals surface area contributed by atoms with E-state index in [4.69, 9.17) is 0 Å². The summed E-state index contributed by atoms with van der Waals surface area (Å²) in [6.07, 6.45) is 5.91. The minimum Gasteiger partial charge on any atom is -0.334 e. The molecule has 3 heterocycles. The molecule has 10 heteroatoms. The molecular weight excluding hydrogens is 392 g/mol. The third kappa shape index (κ3) is 3.77. The van der Waals surface area contributed by atoms with Crippen LogP contribution in [-0.2, 0) is 28.4 Å². The Bertz CT molecular complexity index is 1150. The lowest BCUT2D eigenvalue weighted by Crippen LogP contribution is -2.43. The Hall–Kier alpha value is -2.72. The van der Waals surface area contributed by atoms with Crippen molar-refractivity contribution in [3.05, 3.63) is 36.9 Å². The van der Waals surface area contributed by atoms with Crippen molar-refractivity contribution in [2.45, 2.75) is 31.2 Å². The number of hydrogen-bond donors (Lipinski definition) is 1. The first-order valence-corrected chi connectivity index (χ1v) is 11.1. The number of imidazole rings is 1. The minimum atomic E-state index is -3.66. The molecule has 9 nitrogen and oxygen atoms in total. The number of carbonyl (C=O) groups is 1. The SMILES string of the molecule is CCn1cc(S(=O)(=O)N2CCCC(C(=O)Nc3ccc4ncn(C)c4c3)C2)cn1. The van der Waals surface area contributed by atoms with E-state index in [9.17, 15) is 13.2 Å². The van der Waals surface area contributed by atoms with E-state index in [1.807, 2.05) is 36.7 Å². The van der Waals surface area contributed by atoms with Crippen molar-refractivity contribution in [3.8, 4) is 0 Å². The Morgan fingerprint density at radius 1 is 1.34 bits per heavy atom. The monoisotopic (exact) mass is 416 g/mol. The quantitative estimate of drug-likeness (QED) is 0.684. The van der Waals surface area contributed by atoms with Gasteiger partial charge in [-0.2, -0.15) is 9.40 Å². The van der Waals surface area contributed by atoms with Crippen LogP contribution >= 0.6 is 0 Å². The predicted octanol–water partition coefficient (Wildman–Crippen LogP) is 1.83. The van der Waals surface area contributed by atoms with E-state index < -0.39 is 15.9 Å². The fourth-order valence-corrected chi connectivity index (χ4v) is 5.10. The Morgan fingerprint density at radius 2 is 2.17 bits per heavy atom. The molecule has 3 aromatic rings. The second-order valence-electron chi connectivity index (χ2n) is 7.28. The molecular formula is C19H24N6O3S. The number of fused-ring (bicyclic) bond motifs is 1. The smallest absolute Gasteiger partial charge is 0.246 e. The number of amides is 1. The number of rotatable bonds is 5. The van der Waals surface area contributed by atoms with Crippen molar-refractivity contribution in [2.24, 2.45) is 13.0 Å². The van der Waals surface area contributed by atoms with Gasteiger partial charge in [0.05, 0.1) is 29.5 Å². The predicted molar refractivity (Wildman–Crippen MR) is 109 cm³/mol. The van der Waals surface area contributed by atoms with Gasteiger partial charge >= 0.3 is 0 Å². The summed E-state index contributed by atoms with van der Waals surface area (Å²) in [5, 5.41) is 6.99. The number of hydrogen-bond acceptors (Lipinski definition) is 5. The maximum Gasteiger partial charge on any atom is 0.246 e. The van der Waals surface area contributed by atoms with Crippen molar-refractivity contribution in [3.63, 3.8) is 0 Å². The number of piperidine rings is 1. The van der Waals surface area contributed by atoms with Crippen LogP contribution in [0.2, 0.25) is 0 Å². The molecule has 0 bridgehead atoms. The average Bonchev–Trinajstić information content (AvgIpc) is 3.36. The van der Waals surface area contributed by atoms with Crippen molar-refractivity contribution in [1.29, 1.82) is 0 Å². The molecule has 1 aromatic carbocycles. The molecule has 1 fully saturated rings. The Labute approximate surface area is 169 Å². The number of aryl methyl sites for hydroxylation is 2. The molecule has 0 spiro atoms. The van der Waals surface area contributed by atoms with Crippen LogP contribution in [0.5, 0.6) is 0 Å². The Balaban J connectivity index is 1.48. The highest BCUT2D eigenvalue weighted by Gasteiger charge is 2.34. The van der Waals surface area contributed by atoms with E-state index in [0.717, 1.165) is 11.0 Å². The second kappa shape index (κ2) is 7.60. The number of anilines is 1. The summed E-state index contributed by atoms with van der Waals surface area (Å²) in [5.41, 5.74) is 2.45. The number of aromatic nitrogens is 4. The lowest BCUT2D eigenvalue weighted by molar-refractivity contribution is -0.120. The molecule has 1 amide bonds. The summed E-state index contributed by atoms with van der Waals surface area (Å²) in [4.78, 5) is 17.3. The van der Waals surface area contributed by atoms with E-state index in [1.54, 1.807) is 11.0 Å². The molecule has 1 saturated heterocycles. The van der Waals surface area contributed by atoms with E-state index >= 15 is 0 Å². The van der Waals surface area contributed by atoms with Gasteiger partial charge in [-0.05, 0) is 38.0 Å². The molecule has 4 rings (SSSR count). The second-order valence-corrected chi connectivity index (χ2v) is 9.22. The number of benzene rings is 1. The van der Waals surface area contributed by atoms with E-state index in [0.29, 0.717) is 31.6 Å². The normalized spacial score (nSPS) is 18.2. The van der Waals surface area contributed by atoms with Crippen molar-refractivity contribution >= 4 is 32.7 Å². The molecule has 0 aliphatic carbocycles. The van der Waals surface area contributed by atoms with Gasteiger partial charge in [0, 0.05) is 38.6 Å². The lowest BCUT2D eigenvalue weighted by Gasteiger charge is -2.30. The summed E-state index contributed by atoms with van der Waals surface area (Å²) >= 11 is 0. The number of nitrogens with zero attached hydrogens (tertiary/aromatic N) is 5. The molecule has 0 saturated carbocycles. The van der Waals surface area contributed by atoms with Crippen LogP contribution < -0.4 is 5.32 Å². The standard InChI is InChI=1S/C19H24N6O3S/c1-3-24-12-16(10-21-24)29(27,28)25-8-4-5-14(11-25)19(26)22-15-6-7-17-18(9-15)23(2)13-20-17/h6-7,9-10,12-14H,3-5,8,11H2,1-2H3,(H,22,26). The highest BCUT2D eigenvalue weighted by Crippen LogP contribution is 2.25. The molecule has 2 aromatic heterocycles. The zero-order chi connectivity index (χ0) is 20.6. The third-order valence-corrected chi connectivity index (χ3v) is 7.14. The largest absolute Gasteiger partial charge is 0.334 e. The summed E-state index contributed by atoms with van der Waals surface area (Å²) < 4.78 is 30.7. The zero-order valence-electron chi connectivity index (χ0n) is 16.4. The number of carbonyl (C=O) groups excluding carboxylic acids is 1. The van der Waals surface area contributed by atoms with Gasteiger partial charge in [0.2, 0.25) is 15.9 Å². The highest BCUT2D eigenvalue weighted by molar-refractivity contribution is 7.89. The number of nitrogens with one attached hydrogen (secondary N) is 1. The summed E-state index contributed by atoms with van der Waals surface area (Å²) in [6, 6.07) is 5.54. The van der Waals surface area contributed by atoms with Gasteiger partial charge in [-0.25, -0.2) is 13.4 Å². The van der Waals surface area contributed by atoms with Crippen LogP contribution in [-0.4, -0.2) is 51.1 Å². The lowest BCUT2D eigenvalue weighted by atomic mass is 9.98. The fourth-order valence-electron chi connectivity index (χ4n) is 3.62. The highest BCUT2D eigenvalue weighted by atomic mass is 32.2. The maximum absolute atomic E-state index is 12.9. The minimum absolute atomic E-state index is 0.166. The summed E-state index contributed by atoms with van der Waals surface area (Å²) in [7, 11) is -1.76. The first kappa shape index (κ1) is 19.6.